The third-order valence-electron chi connectivity index (χ3n) is 13.5. The monoisotopic (exact) mass is 824 g/mol. The first-order chi connectivity index (χ1) is 32.2. The molecule has 0 atom stereocenters. The number of rotatable bonds is 6. The first kappa shape index (κ1) is 37.1. The molecule has 0 unspecified atom stereocenters. The van der Waals surface area contributed by atoms with E-state index in [0.717, 1.165) is 22.4 Å². The molecule has 0 aliphatic heterocycles. The fourth-order valence-corrected chi connectivity index (χ4v) is 10.4. The van der Waals surface area contributed by atoms with Crippen molar-refractivity contribution < 1.29 is 4.74 Å². The van der Waals surface area contributed by atoms with Crippen LogP contribution in [0.4, 0.5) is 0 Å². The molecule has 0 N–H and O–H groups in total. The number of fused-ring (bicyclic) bond motifs is 11. The molecule has 0 aliphatic carbocycles. The third kappa shape index (κ3) is 6.24. The summed E-state index contributed by atoms with van der Waals surface area (Å²) in [5.74, 6) is 1.62. The highest BCUT2D eigenvalue weighted by atomic mass is 16.5. The zero-order chi connectivity index (χ0) is 42.8. The van der Waals surface area contributed by atoms with E-state index in [1.807, 2.05) is 30.3 Å². The second-order valence-corrected chi connectivity index (χ2v) is 17.1. The van der Waals surface area contributed by atoms with Crippen LogP contribution in [0.2, 0.25) is 0 Å². The van der Waals surface area contributed by atoms with Crippen molar-refractivity contribution >= 4 is 75.4 Å². The molecule has 0 saturated carbocycles. The highest BCUT2D eigenvalue weighted by Crippen LogP contribution is 2.45. The molecule has 0 saturated heterocycles. The molecule has 1 nitrogen and oxygen atoms in total. The number of hydrogen-bond donors (Lipinski definition) is 0. The Kier molecular flexibility index (Phi) is 8.60. The van der Waals surface area contributed by atoms with Gasteiger partial charge in [-0.05, 0) is 168 Å². The van der Waals surface area contributed by atoms with Crippen molar-refractivity contribution in [1.29, 1.82) is 0 Å². The number of hydrogen-bond acceptors (Lipinski definition) is 1. The van der Waals surface area contributed by atoms with Gasteiger partial charge in [-0.15, -0.1) is 0 Å². The maximum atomic E-state index is 6.50. The van der Waals surface area contributed by atoms with Gasteiger partial charge in [-0.25, -0.2) is 0 Å². The topological polar surface area (TPSA) is 9.23 Å². The van der Waals surface area contributed by atoms with Gasteiger partial charge in [-0.1, -0.05) is 194 Å². The normalized spacial score (nSPS) is 11.7. The molecular formula is C64H40O. The Labute approximate surface area is 377 Å². The van der Waals surface area contributed by atoms with E-state index in [4.69, 9.17) is 4.74 Å². The first-order valence-corrected chi connectivity index (χ1v) is 22.4. The smallest absolute Gasteiger partial charge is 0.128 e. The largest absolute Gasteiger partial charge is 0.457 e. The standard InChI is InChI=1S/C64H40O/c1-2-16-47(17-3-1)65-48-34-35-57-62(38-48)61(44-32-28-42(29-33-44)59-37-46-15-5-7-19-50(46)52-21-9-11-23-54(52)59)40-63-56-25-13-12-24-55(56)60(39-64(57)63)43-30-26-41(27-31-43)58-36-45-14-4-6-18-49(45)51-20-8-10-22-53(51)58/h1-40H. The van der Waals surface area contributed by atoms with Gasteiger partial charge in [-0.3, -0.25) is 0 Å². The summed E-state index contributed by atoms with van der Waals surface area (Å²) in [4.78, 5) is 0. The lowest BCUT2D eigenvalue weighted by Gasteiger charge is -2.18. The maximum absolute atomic E-state index is 6.50. The van der Waals surface area contributed by atoms with Gasteiger partial charge in [-0.2, -0.15) is 0 Å². The van der Waals surface area contributed by atoms with E-state index in [9.17, 15) is 0 Å². The van der Waals surface area contributed by atoms with Gasteiger partial charge in [0, 0.05) is 0 Å². The SMILES string of the molecule is c1ccc(Oc2ccc3c(c2)c(-c2ccc(-c4cc5ccccc5c5ccccc45)cc2)cc2c4ccccc4c(-c4ccc(-c5cc6ccccc6c6ccccc56)cc4)cc32)cc1. The summed E-state index contributed by atoms with van der Waals surface area (Å²) in [5.41, 5.74) is 9.64. The molecule has 0 amide bonds. The fraction of sp³-hybridized carbons (Fsp3) is 0. The Morgan fingerprint density at radius 2 is 0.523 bits per heavy atom. The van der Waals surface area contributed by atoms with Crippen LogP contribution in [0.3, 0.4) is 0 Å². The highest BCUT2D eigenvalue weighted by Gasteiger charge is 2.17. The zero-order valence-electron chi connectivity index (χ0n) is 35.5. The van der Waals surface area contributed by atoms with E-state index in [2.05, 4.69) is 212 Å². The minimum absolute atomic E-state index is 0.807. The van der Waals surface area contributed by atoms with Crippen molar-refractivity contribution in [2.75, 3.05) is 0 Å². The molecule has 0 spiro atoms. The molecule has 302 valence electrons. The molecule has 0 fully saturated rings. The van der Waals surface area contributed by atoms with Gasteiger partial charge in [0.25, 0.3) is 0 Å². The molecule has 13 rings (SSSR count). The average Bonchev–Trinajstić information content (AvgIpc) is 3.38. The fourth-order valence-electron chi connectivity index (χ4n) is 10.4. The van der Waals surface area contributed by atoms with Crippen molar-refractivity contribution in [1.82, 2.24) is 0 Å². The number of benzene rings is 13. The van der Waals surface area contributed by atoms with Gasteiger partial charge in [0.15, 0.2) is 0 Å². The van der Waals surface area contributed by atoms with Crippen LogP contribution in [0.1, 0.15) is 0 Å². The maximum Gasteiger partial charge on any atom is 0.128 e. The molecule has 1 heteroatoms. The second kappa shape index (κ2) is 15.1. The van der Waals surface area contributed by atoms with E-state index in [1.165, 1.54) is 109 Å². The lowest BCUT2D eigenvalue weighted by Crippen LogP contribution is -1.91. The second-order valence-electron chi connectivity index (χ2n) is 17.1. The highest BCUT2D eigenvalue weighted by molar-refractivity contribution is 6.24. The molecule has 0 radical (unpaired) electrons. The van der Waals surface area contributed by atoms with Crippen molar-refractivity contribution in [3.05, 3.63) is 243 Å². The third-order valence-corrected chi connectivity index (χ3v) is 13.5. The summed E-state index contributed by atoms with van der Waals surface area (Å²) in [6.07, 6.45) is 0. The van der Waals surface area contributed by atoms with Gasteiger partial charge in [0.2, 0.25) is 0 Å². The van der Waals surface area contributed by atoms with E-state index in [1.54, 1.807) is 0 Å². The average molecular weight is 825 g/mol. The van der Waals surface area contributed by atoms with Crippen molar-refractivity contribution in [3.63, 3.8) is 0 Å². The van der Waals surface area contributed by atoms with Gasteiger partial charge >= 0.3 is 0 Å². The minimum Gasteiger partial charge on any atom is -0.457 e. The molecule has 0 bridgehead atoms. The van der Waals surface area contributed by atoms with Crippen molar-refractivity contribution in [2.24, 2.45) is 0 Å². The Balaban J connectivity index is 0.978. The summed E-state index contributed by atoms with van der Waals surface area (Å²) in [6, 6.07) is 88.3. The van der Waals surface area contributed by atoms with Crippen molar-refractivity contribution in [3.8, 4) is 56.0 Å². The first-order valence-electron chi connectivity index (χ1n) is 22.4. The van der Waals surface area contributed by atoms with E-state index < -0.39 is 0 Å². The molecule has 13 aromatic rings. The van der Waals surface area contributed by atoms with Crippen LogP contribution in [0, 0.1) is 0 Å². The van der Waals surface area contributed by atoms with Gasteiger partial charge < -0.3 is 4.74 Å². The number of para-hydroxylation sites is 1. The van der Waals surface area contributed by atoms with Crippen LogP contribution in [0.5, 0.6) is 11.5 Å². The van der Waals surface area contributed by atoms with Crippen LogP contribution < -0.4 is 4.74 Å². The molecule has 13 aromatic carbocycles. The Hall–Kier alpha value is -8.52. The quantitative estimate of drug-likeness (QED) is 0.152. The summed E-state index contributed by atoms with van der Waals surface area (Å²) in [7, 11) is 0. The van der Waals surface area contributed by atoms with Gasteiger partial charge in [0.05, 0.1) is 0 Å². The van der Waals surface area contributed by atoms with Gasteiger partial charge in [0.1, 0.15) is 11.5 Å². The number of ether oxygens (including phenoxy) is 1. The molecular weight excluding hydrogens is 785 g/mol. The molecule has 0 aliphatic rings. The molecule has 0 aromatic heterocycles. The summed E-state index contributed by atoms with van der Waals surface area (Å²) in [6.45, 7) is 0. The molecule has 65 heavy (non-hydrogen) atoms. The summed E-state index contributed by atoms with van der Waals surface area (Å²) >= 11 is 0. The summed E-state index contributed by atoms with van der Waals surface area (Å²) < 4.78 is 6.50. The Bertz CT molecular complexity index is 4000. The minimum atomic E-state index is 0.807. The Morgan fingerprint density at radius 3 is 0.985 bits per heavy atom. The lowest BCUT2D eigenvalue weighted by atomic mass is 9.86. The van der Waals surface area contributed by atoms with E-state index in [-0.39, 0.29) is 0 Å². The Morgan fingerprint density at radius 1 is 0.185 bits per heavy atom. The van der Waals surface area contributed by atoms with Crippen molar-refractivity contribution in [2.45, 2.75) is 0 Å². The van der Waals surface area contributed by atoms with Crippen LogP contribution in [0.25, 0.3) is 120 Å². The van der Waals surface area contributed by atoms with Crippen LogP contribution in [-0.4, -0.2) is 0 Å². The predicted molar refractivity (Wildman–Crippen MR) is 277 cm³/mol. The van der Waals surface area contributed by atoms with Crippen LogP contribution >= 0.6 is 0 Å². The predicted octanol–water partition coefficient (Wildman–Crippen LogP) is 18.2. The van der Waals surface area contributed by atoms with E-state index >= 15 is 0 Å². The molecule has 0 heterocycles. The summed E-state index contributed by atoms with van der Waals surface area (Å²) in [5, 5.41) is 17.4. The van der Waals surface area contributed by atoms with Crippen LogP contribution in [-0.2, 0) is 0 Å². The lowest BCUT2D eigenvalue weighted by molar-refractivity contribution is 0.483. The van der Waals surface area contributed by atoms with E-state index in [0.29, 0.717) is 0 Å². The van der Waals surface area contributed by atoms with Crippen LogP contribution in [0.15, 0.2) is 243 Å². The zero-order valence-corrected chi connectivity index (χ0v) is 35.5.